The van der Waals surface area contributed by atoms with Crippen LogP contribution in [0.5, 0.6) is 23.3 Å². The van der Waals surface area contributed by atoms with Gasteiger partial charge >= 0.3 is 21.1 Å². The number of para-hydroxylation sites is 1. The van der Waals surface area contributed by atoms with Gasteiger partial charge in [0.15, 0.2) is 0 Å². The Labute approximate surface area is 295 Å². The van der Waals surface area contributed by atoms with Gasteiger partial charge in [0.2, 0.25) is 11.8 Å². The molecule has 0 N–H and O–H groups in total. The molecule has 3 aromatic heterocycles. The Morgan fingerprint density at radius 2 is 1.38 bits per heavy atom. The zero-order valence-corrected chi connectivity index (χ0v) is 30.5. The number of rotatable bonds is 7. The molecule has 0 spiro atoms. The number of hydrogen-bond donors (Lipinski definition) is 0. The summed E-state index contributed by atoms with van der Waals surface area (Å²) in [7, 11) is 3.29. The van der Waals surface area contributed by atoms with Gasteiger partial charge in [-0.25, -0.2) is 9.67 Å². The molecular weight excluding hydrogens is 780 g/mol. The third-order valence-corrected chi connectivity index (χ3v) is 9.34. The van der Waals surface area contributed by atoms with Crippen molar-refractivity contribution in [2.75, 3.05) is 14.2 Å². The molecule has 0 amide bonds. The molecule has 4 aromatic carbocycles. The Hall–Kier alpha value is -4.87. The number of pyridine rings is 1. The molecule has 8 heteroatoms. The van der Waals surface area contributed by atoms with E-state index in [1.54, 1.807) is 18.9 Å². The van der Waals surface area contributed by atoms with E-state index in [-0.39, 0.29) is 21.1 Å². The van der Waals surface area contributed by atoms with Gasteiger partial charge in [-0.2, -0.15) is 12.1 Å². The number of methoxy groups -OCH3 is 2. The molecule has 0 saturated carbocycles. The number of hydrogen-bond acceptors (Lipinski definition) is 5. The SMILES string of the molecule is COc1nn(-c2[c-]c(Oc3[c-]c4c(cc3)c3ccccc3n4-c3cc(C)ccn3)ccc2)c(OC)c1-c1c(C)c(C)c(C)c(C)c1C.[Pt+2]. The van der Waals surface area contributed by atoms with Crippen LogP contribution in [0.25, 0.3) is 44.4 Å². The predicted molar refractivity (Wildman–Crippen MR) is 187 cm³/mol. The molecule has 0 aliphatic carbocycles. The average Bonchev–Trinajstić information content (AvgIpc) is 3.62. The van der Waals surface area contributed by atoms with Crippen LogP contribution in [-0.2, 0) is 21.1 Å². The molecule has 244 valence electrons. The first-order valence-corrected chi connectivity index (χ1v) is 15.6. The van der Waals surface area contributed by atoms with Gasteiger partial charge in [-0.05, 0) is 110 Å². The van der Waals surface area contributed by atoms with Crippen molar-refractivity contribution in [2.45, 2.75) is 41.5 Å². The molecule has 0 atom stereocenters. The fourth-order valence-corrected chi connectivity index (χ4v) is 6.52. The maximum Gasteiger partial charge on any atom is 2.00 e. The van der Waals surface area contributed by atoms with Gasteiger partial charge in [-0.3, -0.25) is 0 Å². The molecule has 7 rings (SSSR count). The zero-order chi connectivity index (χ0) is 33.0. The van der Waals surface area contributed by atoms with Crippen LogP contribution >= 0.6 is 0 Å². The molecule has 0 aliphatic heterocycles. The average molecular weight is 816 g/mol. The molecule has 7 nitrogen and oxygen atoms in total. The summed E-state index contributed by atoms with van der Waals surface area (Å²) in [5.41, 5.74) is 11.7. The number of aromatic nitrogens is 4. The summed E-state index contributed by atoms with van der Waals surface area (Å²) in [6.07, 6.45) is 1.83. The molecule has 0 fully saturated rings. The summed E-state index contributed by atoms with van der Waals surface area (Å²) in [5.74, 6) is 2.95. The van der Waals surface area contributed by atoms with Gasteiger partial charge in [0.05, 0.1) is 14.2 Å². The van der Waals surface area contributed by atoms with E-state index in [0.717, 1.165) is 44.3 Å². The molecule has 0 saturated heterocycles. The van der Waals surface area contributed by atoms with E-state index in [4.69, 9.17) is 19.3 Å². The van der Waals surface area contributed by atoms with Crippen LogP contribution in [0.4, 0.5) is 0 Å². The third kappa shape index (κ3) is 5.36. The summed E-state index contributed by atoms with van der Waals surface area (Å²) in [4.78, 5) is 4.68. The van der Waals surface area contributed by atoms with Crippen LogP contribution in [0.2, 0.25) is 0 Å². The minimum Gasteiger partial charge on any atom is -0.509 e. The normalized spacial score (nSPS) is 11.2. The van der Waals surface area contributed by atoms with E-state index in [2.05, 4.69) is 93.6 Å². The third-order valence-electron chi connectivity index (χ3n) is 9.34. The van der Waals surface area contributed by atoms with Crippen LogP contribution < -0.4 is 14.2 Å². The van der Waals surface area contributed by atoms with Crippen molar-refractivity contribution in [2.24, 2.45) is 0 Å². The maximum atomic E-state index is 6.41. The number of ether oxygens (including phenoxy) is 3. The fraction of sp³-hybridized carbons (Fsp3) is 0.200. The molecule has 7 aromatic rings. The second-order valence-electron chi connectivity index (χ2n) is 11.9. The summed E-state index contributed by atoms with van der Waals surface area (Å²) in [5, 5.41) is 7.04. The van der Waals surface area contributed by atoms with E-state index in [1.807, 2.05) is 42.6 Å². The second kappa shape index (κ2) is 13.0. The van der Waals surface area contributed by atoms with Crippen LogP contribution in [-0.4, -0.2) is 33.6 Å². The number of aryl methyl sites for hydroxylation is 1. The van der Waals surface area contributed by atoms with Crippen molar-refractivity contribution in [1.29, 1.82) is 0 Å². The quantitative estimate of drug-likeness (QED) is 0.150. The molecular formula is C40H36N4O3Pt. The molecule has 0 bridgehead atoms. The first-order chi connectivity index (χ1) is 22.7. The summed E-state index contributed by atoms with van der Waals surface area (Å²) >= 11 is 0. The summed E-state index contributed by atoms with van der Waals surface area (Å²) in [6.45, 7) is 12.8. The Bertz CT molecular complexity index is 2310. The monoisotopic (exact) mass is 815 g/mol. The Morgan fingerprint density at radius 3 is 2.08 bits per heavy atom. The van der Waals surface area contributed by atoms with Crippen LogP contribution in [0.3, 0.4) is 0 Å². The van der Waals surface area contributed by atoms with Crippen molar-refractivity contribution in [3.63, 3.8) is 0 Å². The van der Waals surface area contributed by atoms with Gasteiger partial charge in [-0.1, -0.05) is 23.7 Å². The van der Waals surface area contributed by atoms with E-state index in [1.165, 1.54) is 27.8 Å². The van der Waals surface area contributed by atoms with Crippen molar-refractivity contribution in [1.82, 2.24) is 19.3 Å². The standard InChI is InChI=1S/C40H36N4O3.Pt/c1-23-18-19-41-36(20-23)43-34-15-10-9-14-32(34)33-17-16-31(22-35(33)43)47-30-13-11-12-29(21-30)44-40(46-8)38(39(42-44)45-7)37-27(5)25(3)24(2)26(4)28(37)6;/h9-20H,1-8H3;/q-2;+2. The van der Waals surface area contributed by atoms with E-state index >= 15 is 0 Å². The smallest absolute Gasteiger partial charge is 0.509 e. The van der Waals surface area contributed by atoms with Crippen molar-refractivity contribution < 1.29 is 35.3 Å². The Kier molecular flexibility index (Phi) is 8.93. The molecule has 3 heterocycles. The Balaban J connectivity index is 0.00000401. The number of fused-ring (bicyclic) bond motifs is 3. The van der Waals surface area contributed by atoms with Gasteiger partial charge in [-0.15, -0.1) is 40.8 Å². The second-order valence-corrected chi connectivity index (χ2v) is 11.9. The van der Waals surface area contributed by atoms with Crippen LogP contribution in [0.1, 0.15) is 33.4 Å². The number of nitrogens with zero attached hydrogens (tertiary/aromatic N) is 4. The summed E-state index contributed by atoms with van der Waals surface area (Å²) < 4.78 is 22.1. The van der Waals surface area contributed by atoms with Crippen LogP contribution in [0.15, 0.2) is 72.9 Å². The predicted octanol–water partition coefficient (Wildman–Crippen LogP) is 9.29. The van der Waals surface area contributed by atoms with Crippen molar-refractivity contribution in [3.05, 3.63) is 118 Å². The van der Waals surface area contributed by atoms with Crippen LogP contribution in [0, 0.1) is 53.7 Å². The van der Waals surface area contributed by atoms with E-state index < -0.39 is 0 Å². The minimum absolute atomic E-state index is 0. The fourth-order valence-electron chi connectivity index (χ4n) is 6.52. The van der Waals surface area contributed by atoms with E-state index in [0.29, 0.717) is 28.9 Å². The first kappa shape index (κ1) is 33.0. The van der Waals surface area contributed by atoms with Gasteiger partial charge in [0.25, 0.3) is 0 Å². The number of benzene rings is 4. The van der Waals surface area contributed by atoms with Crippen molar-refractivity contribution in [3.8, 4) is 45.9 Å². The first-order valence-electron chi connectivity index (χ1n) is 15.6. The molecule has 48 heavy (non-hydrogen) atoms. The zero-order valence-electron chi connectivity index (χ0n) is 28.3. The molecule has 0 aliphatic rings. The maximum absolute atomic E-state index is 6.41. The minimum atomic E-state index is 0. The molecule has 0 radical (unpaired) electrons. The topological polar surface area (TPSA) is 63.3 Å². The van der Waals surface area contributed by atoms with Gasteiger partial charge < -0.3 is 18.8 Å². The van der Waals surface area contributed by atoms with Gasteiger partial charge in [0, 0.05) is 23.2 Å². The van der Waals surface area contributed by atoms with E-state index in [9.17, 15) is 0 Å². The van der Waals surface area contributed by atoms with Gasteiger partial charge in [0.1, 0.15) is 11.4 Å². The van der Waals surface area contributed by atoms with Crippen molar-refractivity contribution >= 4 is 21.8 Å². The Morgan fingerprint density at radius 1 is 0.667 bits per heavy atom. The molecule has 0 unspecified atom stereocenters. The summed E-state index contributed by atoms with van der Waals surface area (Å²) in [6, 6.07) is 29.0. The largest absolute Gasteiger partial charge is 2.00 e.